The number of alkyl halides is 3. The summed E-state index contributed by atoms with van der Waals surface area (Å²) < 4.78 is 49.6. The Morgan fingerprint density at radius 2 is 1.89 bits per heavy atom. The number of nitrogens with zero attached hydrogens (tertiary/aromatic N) is 2. The minimum absolute atomic E-state index is 0.0558. The molecule has 196 valence electrons. The van der Waals surface area contributed by atoms with E-state index in [-0.39, 0.29) is 21.2 Å². The number of ether oxygens (including phenoxy) is 2. The van der Waals surface area contributed by atoms with Gasteiger partial charge in [0.15, 0.2) is 0 Å². The molecule has 1 saturated heterocycles. The molecule has 0 aliphatic carbocycles. The molecule has 1 atom stereocenters. The molecule has 3 rings (SSSR count). The lowest BCUT2D eigenvalue weighted by Gasteiger charge is -2.14. The van der Waals surface area contributed by atoms with E-state index in [4.69, 9.17) is 9.47 Å². The fourth-order valence-electron chi connectivity index (χ4n) is 2.99. The average Bonchev–Trinajstić information content (AvgIpc) is 3.07. The zero-order valence-electron chi connectivity index (χ0n) is 19.2. The van der Waals surface area contributed by atoms with Crippen molar-refractivity contribution in [2.24, 2.45) is 0 Å². The quantitative estimate of drug-likeness (QED) is 0.145. The second kappa shape index (κ2) is 11.3. The van der Waals surface area contributed by atoms with Crippen molar-refractivity contribution in [3.63, 3.8) is 0 Å². The standard InChI is InChI=1S/C23H18BrF3N2O7S/c1-3-12(2)35-20(30)11-28-21(31)19(37-22(28)32)9-13-4-6-17(15(24)8-13)36-18-7-5-14(23(25,26)27)10-16(18)29(33)34/h4-10,12H,3,11H2,1-2H3/b19-9+/t12-/m1/s1. The predicted molar refractivity (Wildman–Crippen MR) is 131 cm³/mol. The first kappa shape index (κ1) is 28.2. The van der Waals surface area contributed by atoms with Gasteiger partial charge in [-0.15, -0.1) is 0 Å². The molecule has 1 aliphatic heterocycles. The minimum atomic E-state index is -4.76. The van der Waals surface area contributed by atoms with Crippen molar-refractivity contribution in [3.05, 3.63) is 67.0 Å². The number of halogens is 4. The van der Waals surface area contributed by atoms with E-state index >= 15 is 0 Å². The molecule has 1 aliphatic rings. The Balaban J connectivity index is 1.78. The van der Waals surface area contributed by atoms with Gasteiger partial charge >= 0.3 is 17.8 Å². The van der Waals surface area contributed by atoms with Crippen molar-refractivity contribution in [2.45, 2.75) is 32.5 Å². The molecular formula is C23H18BrF3N2O7S. The highest BCUT2D eigenvalue weighted by Gasteiger charge is 2.37. The lowest BCUT2D eigenvalue weighted by Crippen LogP contribution is -2.35. The first-order chi connectivity index (χ1) is 17.3. The van der Waals surface area contributed by atoms with E-state index in [0.29, 0.717) is 35.9 Å². The second-order valence-electron chi connectivity index (χ2n) is 7.71. The van der Waals surface area contributed by atoms with Crippen LogP contribution in [0.4, 0.5) is 23.7 Å². The normalized spacial score (nSPS) is 15.7. The number of rotatable bonds is 8. The third-order valence-corrected chi connectivity index (χ3v) is 6.55. The maximum Gasteiger partial charge on any atom is 0.416 e. The average molecular weight is 603 g/mol. The zero-order valence-corrected chi connectivity index (χ0v) is 21.6. The van der Waals surface area contributed by atoms with Crippen LogP contribution >= 0.6 is 27.7 Å². The monoisotopic (exact) mass is 602 g/mol. The zero-order chi connectivity index (χ0) is 27.5. The van der Waals surface area contributed by atoms with Gasteiger partial charge in [-0.05, 0) is 76.9 Å². The molecule has 2 amide bonds. The van der Waals surface area contributed by atoms with Crippen molar-refractivity contribution in [2.75, 3.05) is 6.54 Å². The summed E-state index contributed by atoms with van der Waals surface area (Å²) in [5.74, 6) is -1.73. The van der Waals surface area contributed by atoms with Gasteiger partial charge in [0, 0.05) is 6.07 Å². The summed E-state index contributed by atoms with van der Waals surface area (Å²) in [6.45, 7) is 2.99. The Bertz CT molecular complexity index is 1300. The van der Waals surface area contributed by atoms with E-state index in [1.54, 1.807) is 6.92 Å². The van der Waals surface area contributed by atoms with E-state index in [9.17, 15) is 37.7 Å². The molecule has 1 fully saturated rings. The summed E-state index contributed by atoms with van der Waals surface area (Å²) in [5, 5.41) is 10.7. The highest BCUT2D eigenvalue weighted by molar-refractivity contribution is 9.10. The van der Waals surface area contributed by atoms with Crippen LogP contribution < -0.4 is 4.74 Å². The number of carbonyl (C=O) groups excluding carboxylic acids is 3. The van der Waals surface area contributed by atoms with E-state index in [0.717, 1.165) is 11.0 Å². The number of nitro benzene ring substituents is 1. The fraction of sp³-hybridized carbons (Fsp3) is 0.261. The number of thioether (sulfide) groups is 1. The Morgan fingerprint density at radius 3 is 2.49 bits per heavy atom. The maximum atomic E-state index is 12.9. The Hall–Kier alpha value is -3.39. The third kappa shape index (κ3) is 6.89. The molecule has 0 N–H and O–H groups in total. The SMILES string of the molecule is CC[C@@H](C)OC(=O)CN1C(=O)S/C(=C/c2ccc(Oc3ccc(C(F)(F)F)cc3[N+](=O)[O-])c(Br)c2)C1=O. The summed E-state index contributed by atoms with van der Waals surface area (Å²) in [6, 6.07) is 6.23. The number of hydrogen-bond donors (Lipinski definition) is 0. The number of carbonyl (C=O) groups is 3. The van der Waals surface area contributed by atoms with Crippen molar-refractivity contribution in [1.82, 2.24) is 4.90 Å². The van der Waals surface area contributed by atoms with Gasteiger partial charge in [-0.1, -0.05) is 13.0 Å². The van der Waals surface area contributed by atoms with Gasteiger partial charge in [0.25, 0.3) is 11.1 Å². The van der Waals surface area contributed by atoms with Gasteiger partial charge in [0.05, 0.1) is 26.0 Å². The number of esters is 1. The molecule has 0 aromatic heterocycles. The molecule has 0 radical (unpaired) electrons. The molecule has 1 heterocycles. The van der Waals surface area contributed by atoms with Crippen LogP contribution in [0, 0.1) is 10.1 Å². The summed E-state index contributed by atoms with van der Waals surface area (Å²) >= 11 is 3.87. The van der Waals surface area contributed by atoms with Gasteiger partial charge in [0.1, 0.15) is 12.3 Å². The number of imide groups is 1. The molecule has 0 spiro atoms. The molecule has 2 aromatic carbocycles. The third-order valence-electron chi connectivity index (χ3n) is 5.02. The van der Waals surface area contributed by atoms with Gasteiger partial charge in [-0.3, -0.25) is 29.4 Å². The lowest BCUT2D eigenvalue weighted by atomic mass is 10.1. The first-order valence-electron chi connectivity index (χ1n) is 10.6. The largest absolute Gasteiger partial charge is 0.461 e. The Kier molecular flexibility index (Phi) is 8.64. The summed E-state index contributed by atoms with van der Waals surface area (Å²) in [4.78, 5) is 48.0. The molecule has 9 nitrogen and oxygen atoms in total. The second-order valence-corrected chi connectivity index (χ2v) is 9.55. The van der Waals surface area contributed by atoms with Crippen LogP contribution in [0.1, 0.15) is 31.4 Å². The van der Waals surface area contributed by atoms with Crippen molar-refractivity contribution < 1.29 is 42.0 Å². The molecule has 0 unspecified atom stereocenters. The maximum absolute atomic E-state index is 12.9. The van der Waals surface area contributed by atoms with Crippen LogP contribution in [0.5, 0.6) is 11.5 Å². The van der Waals surface area contributed by atoms with E-state index in [1.165, 1.54) is 24.3 Å². The smallest absolute Gasteiger partial charge is 0.416 e. The highest BCUT2D eigenvalue weighted by Crippen LogP contribution is 2.40. The molecule has 0 bridgehead atoms. The Morgan fingerprint density at radius 1 is 1.22 bits per heavy atom. The van der Waals surface area contributed by atoms with E-state index < -0.39 is 51.8 Å². The number of benzene rings is 2. The van der Waals surface area contributed by atoms with Crippen LogP contribution in [0.25, 0.3) is 6.08 Å². The molecule has 0 saturated carbocycles. The Labute approximate surface area is 220 Å². The van der Waals surface area contributed by atoms with Crippen LogP contribution in [0.2, 0.25) is 0 Å². The van der Waals surface area contributed by atoms with Gasteiger partial charge in [-0.25, -0.2) is 0 Å². The summed E-state index contributed by atoms with van der Waals surface area (Å²) in [7, 11) is 0. The van der Waals surface area contributed by atoms with Gasteiger partial charge in [0.2, 0.25) is 5.75 Å². The number of hydrogen-bond acceptors (Lipinski definition) is 8. The van der Waals surface area contributed by atoms with Crippen LogP contribution in [0.15, 0.2) is 45.8 Å². The summed E-state index contributed by atoms with van der Waals surface area (Å²) in [5.41, 5.74) is -1.62. The van der Waals surface area contributed by atoms with Crippen LogP contribution in [-0.2, 0) is 20.5 Å². The van der Waals surface area contributed by atoms with Crippen molar-refractivity contribution >= 4 is 56.6 Å². The van der Waals surface area contributed by atoms with Crippen molar-refractivity contribution in [3.8, 4) is 11.5 Å². The minimum Gasteiger partial charge on any atom is -0.461 e. The highest BCUT2D eigenvalue weighted by atomic mass is 79.9. The van der Waals surface area contributed by atoms with Gasteiger partial charge < -0.3 is 9.47 Å². The number of amides is 2. The van der Waals surface area contributed by atoms with Crippen LogP contribution in [0.3, 0.4) is 0 Å². The summed E-state index contributed by atoms with van der Waals surface area (Å²) in [6.07, 6.45) is -3.14. The first-order valence-corrected chi connectivity index (χ1v) is 12.2. The van der Waals surface area contributed by atoms with Crippen LogP contribution in [-0.4, -0.2) is 39.6 Å². The molecular weight excluding hydrogens is 585 g/mol. The van der Waals surface area contributed by atoms with E-state index in [2.05, 4.69) is 15.9 Å². The predicted octanol–water partition coefficient (Wildman–Crippen LogP) is 6.55. The number of nitro groups is 1. The lowest BCUT2D eigenvalue weighted by molar-refractivity contribution is -0.385. The van der Waals surface area contributed by atoms with Gasteiger partial charge in [-0.2, -0.15) is 13.2 Å². The molecule has 2 aromatic rings. The topological polar surface area (TPSA) is 116 Å². The van der Waals surface area contributed by atoms with Crippen molar-refractivity contribution in [1.29, 1.82) is 0 Å². The fourth-order valence-corrected chi connectivity index (χ4v) is 4.31. The van der Waals surface area contributed by atoms with E-state index in [1.807, 2.05) is 6.92 Å². The molecule has 14 heteroatoms. The molecule has 37 heavy (non-hydrogen) atoms.